The summed E-state index contributed by atoms with van der Waals surface area (Å²) in [5.41, 5.74) is 1.62. The van der Waals surface area contributed by atoms with Crippen LogP contribution < -0.4 is 4.74 Å². The van der Waals surface area contributed by atoms with Gasteiger partial charge in [-0.1, -0.05) is 12.1 Å². The van der Waals surface area contributed by atoms with Gasteiger partial charge in [0.25, 0.3) is 5.91 Å². The van der Waals surface area contributed by atoms with Crippen molar-refractivity contribution in [2.75, 3.05) is 20.4 Å². The largest absolute Gasteiger partial charge is 0.497 e. The first kappa shape index (κ1) is 17.2. The highest BCUT2D eigenvalue weighted by Crippen LogP contribution is 2.23. The predicted molar refractivity (Wildman–Crippen MR) is 92.3 cm³/mol. The Kier molecular flexibility index (Phi) is 5.55. The normalized spacial score (nSPS) is 13.2. The Morgan fingerprint density at radius 1 is 1.09 bits per heavy atom. The van der Waals surface area contributed by atoms with Crippen LogP contribution in [-0.2, 0) is 10.8 Å². The van der Waals surface area contributed by atoms with Gasteiger partial charge in [0.15, 0.2) is 0 Å². The van der Waals surface area contributed by atoms with E-state index in [1.807, 2.05) is 31.2 Å². The van der Waals surface area contributed by atoms with Gasteiger partial charge in [-0.25, -0.2) is 0 Å². The summed E-state index contributed by atoms with van der Waals surface area (Å²) in [6, 6.07) is 14.5. The first-order valence-corrected chi connectivity index (χ1v) is 8.84. The number of methoxy groups -OCH3 is 1. The Hall–Kier alpha value is -2.14. The summed E-state index contributed by atoms with van der Waals surface area (Å²) >= 11 is 0. The molecule has 2 aromatic rings. The number of carbonyl (C=O) groups is 1. The van der Waals surface area contributed by atoms with Crippen LogP contribution >= 0.6 is 0 Å². The van der Waals surface area contributed by atoms with E-state index in [0.717, 1.165) is 11.3 Å². The molecule has 23 heavy (non-hydrogen) atoms. The van der Waals surface area contributed by atoms with Crippen LogP contribution in [0.1, 0.15) is 28.9 Å². The highest BCUT2D eigenvalue weighted by molar-refractivity contribution is 7.84. The Bertz CT molecular complexity index is 695. The van der Waals surface area contributed by atoms with Crippen molar-refractivity contribution in [3.8, 4) is 5.75 Å². The first-order chi connectivity index (χ1) is 10.9. The van der Waals surface area contributed by atoms with Gasteiger partial charge in [-0.05, 0) is 48.9 Å². The lowest BCUT2D eigenvalue weighted by Gasteiger charge is -2.25. The smallest absolute Gasteiger partial charge is 0.254 e. The molecule has 0 saturated heterocycles. The van der Waals surface area contributed by atoms with Crippen molar-refractivity contribution in [1.82, 2.24) is 4.90 Å². The molecule has 2 atom stereocenters. The average Bonchev–Trinajstić information content (AvgIpc) is 2.60. The molecule has 0 saturated carbocycles. The number of amides is 1. The lowest BCUT2D eigenvalue weighted by Crippen LogP contribution is -2.29. The second-order valence-corrected chi connectivity index (χ2v) is 6.72. The zero-order valence-corrected chi connectivity index (χ0v) is 14.6. The van der Waals surface area contributed by atoms with Crippen molar-refractivity contribution in [2.24, 2.45) is 0 Å². The van der Waals surface area contributed by atoms with E-state index in [9.17, 15) is 9.00 Å². The number of carbonyl (C=O) groups excluding carboxylic acids is 1. The van der Waals surface area contributed by atoms with Crippen LogP contribution in [-0.4, -0.2) is 35.4 Å². The molecule has 4 nitrogen and oxygen atoms in total. The molecule has 0 aromatic heterocycles. The fraction of sp³-hybridized carbons (Fsp3) is 0.278. The highest BCUT2D eigenvalue weighted by Gasteiger charge is 2.19. The van der Waals surface area contributed by atoms with E-state index < -0.39 is 10.8 Å². The van der Waals surface area contributed by atoms with Crippen LogP contribution in [0.5, 0.6) is 5.75 Å². The van der Waals surface area contributed by atoms with E-state index in [4.69, 9.17) is 4.74 Å². The molecule has 0 spiro atoms. The van der Waals surface area contributed by atoms with Crippen LogP contribution in [0.4, 0.5) is 0 Å². The fourth-order valence-corrected chi connectivity index (χ4v) is 2.79. The summed E-state index contributed by atoms with van der Waals surface area (Å²) in [6.45, 7) is 1.98. The highest BCUT2D eigenvalue weighted by atomic mass is 32.2. The summed E-state index contributed by atoms with van der Waals surface area (Å²) in [6.07, 6.45) is 1.62. The number of nitrogens with zero attached hydrogens (tertiary/aromatic N) is 1. The minimum Gasteiger partial charge on any atom is -0.497 e. The third-order valence-electron chi connectivity index (χ3n) is 3.93. The van der Waals surface area contributed by atoms with Gasteiger partial charge in [-0.3, -0.25) is 9.00 Å². The van der Waals surface area contributed by atoms with Crippen LogP contribution in [0.2, 0.25) is 0 Å². The molecule has 0 aliphatic carbocycles. The summed E-state index contributed by atoms with van der Waals surface area (Å²) < 4.78 is 16.6. The molecule has 2 aromatic carbocycles. The monoisotopic (exact) mass is 331 g/mol. The number of rotatable bonds is 5. The lowest BCUT2D eigenvalue weighted by molar-refractivity contribution is 0.0742. The maximum Gasteiger partial charge on any atom is 0.254 e. The molecule has 0 heterocycles. The minimum absolute atomic E-state index is 0.0617. The quantitative estimate of drug-likeness (QED) is 0.845. The molecule has 122 valence electrons. The molecule has 0 radical (unpaired) electrons. The number of benzene rings is 2. The third-order valence-corrected chi connectivity index (χ3v) is 4.87. The summed E-state index contributed by atoms with van der Waals surface area (Å²) in [4.78, 5) is 15.0. The Labute approximate surface area is 139 Å². The zero-order chi connectivity index (χ0) is 17.0. The Balaban J connectivity index is 2.15. The topological polar surface area (TPSA) is 46.6 Å². The third kappa shape index (κ3) is 3.99. The van der Waals surface area contributed by atoms with Gasteiger partial charge < -0.3 is 9.64 Å². The van der Waals surface area contributed by atoms with Crippen LogP contribution in [0.25, 0.3) is 0 Å². The summed E-state index contributed by atoms with van der Waals surface area (Å²) in [7, 11) is 2.37. The van der Waals surface area contributed by atoms with Crippen molar-refractivity contribution in [1.29, 1.82) is 0 Å². The van der Waals surface area contributed by atoms with Crippen LogP contribution in [0.3, 0.4) is 0 Å². The fourth-order valence-electron chi connectivity index (χ4n) is 2.27. The molecule has 5 heteroatoms. The second-order valence-electron chi connectivity index (χ2n) is 5.34. The Morgan fingerprint density at radius 2 is 1.65 bits per heavy atom. The Morgan fingerprint density at radius 3 is 2.13 bits per heavy atom. The van der Waals surface area contributed by atoms with E-state index >= 15 is 0 Å². The van der Waals surface area contributed by atoms with E-state index in [2.05, 4.69) is 0 Å². The first-order valence-electron chi connectivity index (χ1n) is 7.28. The maximum atomic E-state index is 12.6. The molecule has 0 fully saturated rings. The summed E-state index contributed by atoms with van der Waals surface area (Å²) in [5.74, 6) is 0.722. The molecule has 2 unspecified atom stereocenters. The maximum absolute atomic E-state index is 12.6. The molecular weight excluding hydrogens is 310 g/mol. The van der Waals surface area contributed by atoms with E-state index in [1.165, 1.54) is 0 Å². The molecule has 1 amide bonds. The van der Waals surface area contributed by atoms with E-state index in [1.54, 1.807) is 49.6 Å². The molecule has 0 N–H and O–H groups in total. The lowest BCUT2D eigenvalue weighted by atomic mass is 10.1. The molecular formula is C18H21NO3S. The molecule has 2 rings (SSSR count). The van der Waals surface area contributed by atoms with Crippen molar-refractivity contribution < 1.29 is 13.7 Å². The number of hydrogen-bond donors (Lipinski definition) is 0. The molecule has 0 aliphatic heterocycles. The van der Waals surface area contributed by atoms with E-state index in [-0.39, 0.29) is 11.9 Å². The van der Waals surface area contributed by atoms with E-state index in [0.29, 0.717) is 10.5 Å². The van der Waals surface area contributed by atoms with Crippen molar-refractivity contribution in [2.45, 2.75) is 17.9 Å². The zero-order valence-electron chi connectivity index (χ0n) is 13.8. The molecule has 0 aliphatic rings. The van der Waals surface area contributed by atoms with Gasteiger partial charge in [0.05, 0.1) is 13.2 Å². The minimum atomic E-state index is -1.04. The van der Waals surface area contributed by atoms with Gasteiger partial charge in [0.1, 0.15) is 5.75 Å². The van der Waals surface area contributed by atoms with Gasteiger partial charge in [0, 0.05) is 34.6 Å². The van der Waals surface area contributed by atoms with Crippen molar-refractivity contribution in [3.63, 3.8) is 0 Å². The predicted octanol–water partition coefficient (Wildman–Crippen LogP) is 3.27. The molecule has 0 bridgehead atoms. The number of ether oxygens (including phenoxy) is 1. The van der Waals surface area contributed by atoms with Crippen LogP contribution in [0.15, 0.2) is 53.4 Å². The van der Waals surface area contributed by atoms with Gasteiger partial charge in [0.2, 0.25) is 0 Å². The van der Waals surface area contributed by atoms with Crippen molar-refractivity contribution >= 4 is 16.7 Å². The SMILES string of the molecule is COc1ccc(C(C)N(C)C(=O)c2ccc(S(C)=O)cc2)cc1. The summed E-state index contributed by atoms with van der Waals surface area (Å²) in [5, 5.41) is 0. The standard InChI is InChI=1S/C18H21NO3S/c1-13(14-5-9-16(22-3)10-6-14)19(2)18(20)15-7-11-17(12-8-15)23(4)21/h5-13H,1-4H3. The number of hydrogen-bond acceptors (Lipinski definition) is 3. The second kappa shape index (κ2) is 7.42. The van der Waals surface area contributed by atoms with Crippen LogP contribution in [0, 0.1) is 0 Å². The van der Waals surface area contributed by atoms with Gasteiger partial charge in [-0.2, -0.15) is 0 Å². The van der Waals surface area contributed by atoms with Crippen molar-refractivity contribution in [3.05, 3.63) is 59.7 Å². The van der Waals surface area contributed by atoms with Gasteiger partial charge in [-0.15, -0.1) is 0 Å². The average molecular weight is 331 g/mol. The van der Waals surface area contributed by atoms with Gasteiger partial charge >= 0.3 is 0 Å².